The Morgan fingerprint density at radius 3 is 2.38 bits per heavy atom. The highest BCUT2D eigenvalue weighted by Gasteiger charge is 2.08. The molecule has 8 heteroatoms. The number of carbonyl (C=O) groups excluding carboxylic acids is 3. The predicted molar refractivity (Wildman–Crippen MR) is 112 cm³/mol. The van der Waals surface area contributed by atoms with Gasteiger partial charge in [-0.2, -0.15) is 0 Å². The second-order valence-electron chi connectivity index (χ2n) is 6.24. The molecule has 0 bridgehead atoms. The van der Waals surface area contributed by atoms with Crippen LogP contribution >= 0.6 is 0 Å². The van der Waals surface area contributed by atoms with Gasteiger partial charge in [0.15, 0.2) is 0 Å². The average molecular weight is 398 g/mol. The number of hydrogen-bond donors (Lipinski definition) is 4. The molecule has 0 atom stereocenters. The molecule has 154 valence electrons. The maximum Gasteiger partial charge on any atom is 0.251 e. The van der Waals surface area contributed by atoms with Crippen LogP contribution in [0.15, 0.2) is 48.5 Å². The van der Waals surface area contributed by atoms with E-state index in [0.717, 1.165) is 12.1 Å². The molecule has 0 aliphatic rings. The summed E-state index contributed by atoms with van der Waals surface area (Å²) in [6.45, 7) is 1.20. The summed E-state index contributed by atoms with van der Waals surface area (Å²) in [6, 6.07) is 13.6. The first-order chi connectivity index (χ1) is 14.0. The number of ether oxygens (including phenoxy) is 1. The number of anilines is 2. The van der Waals surface area contributed by atoms with Crippen molar-refractivity contribution in [3.63, 3.8) is 0 Å². The van der Waals surface area contributed by atoms with Crippen LogP contribution in [0.1, 0.15) is 27.1 Å². The Labute approximate surface area is 170 Å². The zero-order chi connectivity index (χ0) is 21.1. The van der Waals surface area contributed by atoms with Gasteiger partial charge in [-0.25, -0.2) is 0 Å². The molecule has 0 fully saturated rings. The average Bonchev–Trinajstić information content (AvgIpc) is 2.75. The molecule has 2 aromatic rings. The topological polar surface area (TPSA) is 109 Å². The van der Waals surface area contributed by atoms with E-state index in [-0.39, 0.29) is 24.3 Å². The Kier molecular flexibility index (Phi) is 8.65. The van der Waals surface area contributed by atoms with Crippen LogP contribution in [0, 0.1) is 0 Å². The fourth-order valence-electron chi connectivity index (χ4n) is 2.53. The van der Waals surface area contributed by atoms with Crippen LogP contribution < -0.4 is 21.3 Å². The molecule has 0 heterocycles. The van der Waals surface area contributed by atoms with E-state index in [1.807, 2.05) is 0 Å². The highest BCUT2D eigenvalue weighted by Crippen LogP contribution is 2.12. The molecule has 0 spiro atoms. The monoisotopic (exact) mass is 398 g/mol. The Balaban J connectivity index is 1.81. The third-order valence-electron chi connectivity index (χ3n) is 4.05. The predicted octanol–water partition coefficient (Wildman–Crippen LogP) is 1.86. The van der Waals surface area contributed by atoms with Gasteiger partial charge in [-0.15, -0.1) is 0 Å². The summed E-state index contributed by atoms with van der Waals surface area (Å²) in [4.78, 5) is 35.8. The minimum Gasteiger partial charge on any atom is -0.385 e. The van der Waals surface area contributed by atoms with E-state index in [1.165, 1.54) is 0 Å². The molecule has 8 nitrogen and oxygen atoms in total. The molecule has 0 saturated carbocycles. The molecule has 0 aromatic heterocycles. The molecule has 2 aromatic carbocycles. The lowest BCUT2D eigenvalue weighted by atomic mass is 10.2. The molecule has 4 N–H and O–H groups in total. The molecule has 0 aliphatic heterocycles. The Hall–Kier alpha value is -3.39. The van der Waals surface area contributed by atoms with Gasteiger partial charge in [0.2, 0.25) is 5.91 Å². The van der Waals surface area contributed by atoms with E-state index in [2.05, 4.69) is 21.3 Å². The van der Waals surface area contributed by atoms with E-state index in [1.54, 1.807) is 62.7 Å². The van der Waals surface area contributed by atoms with Gasteiger partial charge >= 0.3 is 0 Å². The number of carbonyl (C=O) groups is 3. The van der Waals surface area contributed by atoms with E-state index in [9.17, 15) is 14.4 Å². The minimum absolute atomic E-state index is 0.0484. The van der Waals surface area contributed by atoms with Gasteiger partial charge in [0, 0.05) is 49.8 Å². The number of benzene rings is 2. The van der Waals surface area contributed by atoms with Gasteiger partial charge in [0.1, 0.15) is 0 Å². The molecule has 3 amide bonds. The number of rotatable bonds is 10. The third kappa shape index (κ3) is 7.27. The first-order valence-electron chi connectivity index (χ1n) is 9.26. The Bertz CT molecular complexity index is 837. The first-order valence-corrected chi connectivity index (χ1v) is 9.26. The zero-order valence-corrected chi connectivity index (χ0v) is 16.6. The summed E-state index contributed by atoms with van der Waals surface area (Å²) < 4.78 is 4.94. The van der Waals surface area contributed by atoms with Crippen LogP contribution in [0.2, 0.25) is 0 Å². The van der Waals surface area contributed by atoms with Gasteiger partial charge in [-0.1, -0.05) is 6.07 Å². The fourth-order valence-corrected chi connectivity index (χ4v) is 2.53. The summed E-state index contributed by atoms with van der Waals surface area (Å²) in [6.07, 6.45) is 0.753. The second kappa shape index (κ2) is 11.5. The smallest absolute Gasteiger partial charge is 0.251 e. The van der Waals surface area contributed by atoms with Gasteiger partial charge < -0.3 is 26.0 Å². The highest BCUT2D eigenvalue weighted by molar-refractivity contribution is 5.98. The van der Waals surface area contributed by atoms with Crippen molar-refractivity contribution in [2.45, 2.75) is 6.42 Å². The normalized spacial score (nSPS) is 10.1. The highest BCUT2D eigenvalue weighted by atomic mass is 16.5. The Morgan fingerprint density at radius 1 is 0.931 bits per heavy atom. The van der Waals surface area contributed by atoms with Crippen molar-refractivity contribution in [1.82, 2.24) is 10.6 Å². The molecular weight excluding hydrogens is 372 g/mol. The maximum absolute atomic E-state index is 12.1. The van der Waals surface area contributed by atoms with Crippen LogP contribution in [0.3, 0.4) is 0 Å². The quantitative estimate of drug-likeness (QED) is 0.457. The lowest BCUT2D eigenvalue weighted by Gasteiger charge is -2.10. The van der Waals surface area contributed by atoms with Crippen LogP contribution in [-0.4, -0.2) is 51.6 Å². The lowest BCUT2D eigenvalue weighted by molar-refractivity contribution is -0.114. The fraction of sp³-hybridized carbons (Fsp3) is 0.286. The van der Waals surface area contributed by atoms with Crippen molar-refractivity contribution in [2.24, 2.45) is 0 Å². The van der Waals surface area contributed by atoms with Crippen molar-refractivity contribution in [3.8, 4) is 0 Å². The first kappa shape index (κ1) is 21.9. The molecule has 0 saturated heterocycles. The van der Waals surface area contributed by atoms with Crippen molar-refractivity contribution in [2.75, 3.05) is 44.5 Å². The molecular formula is C21H26N4O4. The second-order valence-corrected chi connectivity index (χ2v) is 6.24. The lowest BCUT2D eigenvalue weighted by Crippen LogP contribution is -2.25. The van der Waals surface area contributed by atoms with Crippen LogP contribution in [0.4, 0.5) is 11.4 Å². The van der Waals surface area contributed by atoms with Gasteiger partial charge in [-0.3, -0.25) is 14.4 Å². The maximum atomic E-state index is 12.1. The number of nitrogens with one attached hydrogen (secondary N) is 4. The molecule has 29 heavy (non-hydrogen) atoms. The third-order valence-corrected chi connectivity index (χ3v) is 4.05. The van der Waals surface area contributed by atoms with E-state index in [4.69, 9.17) is 4.74 Å². The van der Waals surface area contributed by atoms with E-state index in [0.29, 0.717) is 30.0 Å². The number of methoxy groups -OCH3 is 1. The molecule has 2 rings (SSSR count). The summed E-state index contributed by atoms with van der Waals surface area (Å²) in [5.74, 6) is -0.623. The number of hydrogen-bond acceptors (Lipinski definition) is 5. The van der Waals surface area contributed by atoms with Crippen molar-refractivity contribution < 1.29 is 19.1 Å². The van der Waals surface area contributed by atoms with Gasteiger partial charge in [0.25, 0.3) is 11.8 Å². The van der Waals surface area contributed by atoms with Crippen molar-refractivity contribution in [3.05, 3.63) is 59.7 Å². The molecule has 0 unspecified atom stereocenters. The molecule has 0 aliphatic carbocycles. The van der Waals surface area contributed by atoms with Gasteiger partial charge in [0.05, 0.1) is 6.54 Å². The van der Waals surface area contributed by atoms with E-state index >= 15 is 0 Å². The largest absolute Gasteiger partial charge is 0.385 e. The van der Waals surface area contributed by atoms with Crippen LogP contribution in [0.5, 0.6) is 0 Å². The summed E-state index contributed by atoms with van der Waals surface area (Å²) in [5.41, 5.74) is 2.27. The zero-order valence-electron chi connectivity index (χ0n) is 16.6. The Morgan fingerprint density at radius 2 is 1.69 bits per heavy atom. The van der Waals surface area contributed by atoms with Crippen LogP contribution in [-0.2, 0) is 9.53 Å². The van der Waals surface area contributed by atoms with Gasteiger partial charge in [-0.05, 0) is 48.9 Å². The molecule has 0 radical (unpaired) electrons. The number of amides is 3. The van der Waals surface area contributed by atoms with E-state index < -0.39 is 0 Å². The SMILES string of the molecule is CNC(=O)c1cccc(NC(=O)CNc2ccc(C(=O)NCCCOC)cc2)c1. The van der Waals surface area contributed by atoms with Crippen molar-refractivity contribution in [1.29, 1.82) is 0 Å². The summed E-state index contributed by atoms with van der Waals surface area (Å²) in [5, 5.41) is 11.1. The standard InChI is InChI=1S/C21H26N4O4/c1-22-20(27)16-5-3-6-18(13-16)25-19(26)14-24-17-9-7-15(8-10-17)21(28)23-11-4-12-29-2/h3,5-10,13,24H,4,11-12,14H2,1-2H3,(H,22,27)(H,23,28)(H,25,26). The minimum atomic E-state index is -0.251. The summed E-state index contributed by atoms with van der Waals surface area (Å²) in [7, 11) is 3.17. The summed E-state index contributed by atoms with van der Waals surface area (Å²) >= 11 is 0. The van der Waals surface area contributed by atoms with Crippen LogP contribution in [0.25, 0.3) is 0 Å². The van der Waals surface area contributed by atoms with Crippen molar-refractivity contribution >= 4 is 29.1 Å².